The van der Waals surface area contributed by atoms with E-state index in [1.165, 1.54) is 11.1 Å². The van der Waals surface area contributed by atoms with Crippen LogP contribution in [0, 0.1) is 13.8 Å². The van der Waals surface area contributed by atoms with Gasteiger partial charge in [-0.25, -0.2) is 0 Å². The standard InChI is InChI=1S/C8H10.C5H11NO/c1-7-4-3-5-8(2)6-7;1-6-2-4-7-5-3-6/h3-6H,1-2H3;2-5H2,1H3. The van der Waals surface area contributed by atoms with Crippen LogP contribution in [0.1, 0.15) is 11.1 Å². The lowest BCUT2D eigenvalue weighted by Gasteiger charge is -2.21. The topological polar surface area (TPSA) is 12.5 Å². The van der Waals surface area contributed by atoms with Gasteiger partial charge in [0.1, 0.15) is 0 Å². The lowest BCUT2D eigenvalue weighted by molar-refractivity contribution is 0.0503. The Hall–Kier alpha value is -0.860. The summed E-state index contributed by atoms with van der Waals surface area (Å²) in [6, 6.07) is 8.45. The van der Waals surface area contributed by atoms with Crippen LogP contribution in [-0.2, 0) is 4.74 Å². The van der Waals surface area contributed by atoms with Crippen LogP contribution in [0.4, 0.5) is 0 Å². The zero-order chi connectivity index (χ0) is 11.1. The number of hydrogen-bond acceptors (Lipinski definition) is 2. The van der Waals surface area contributed by atoms with Crippen molar-refractivity contribution in [3.05, 3.63) is 35.4 Å². The van der Waals surface area contributed by atoms with Crippen LogP contribution in [0.2, 0.25) is 0 Å². The fourth-order valence-electron chi connectivity index (χ4n) is 1.46. The van der Waals surface area contributed by atoms with Crippen molar-refractivity contribution in [3.63, 3.8) is 0 Å². The molecule has 1 heterocycles. The van der Waals surface area contributed by atoms with E-state index in [1.807, 2.05) is 0 Å². The summed E-state index contributed by atoms with van der Waals surface area (Å²) in [7, 11) is 2.11. The molecule has 2 nitrogen and oxygen atoms in total. The second-order valence-electron chi connectivity index (χ2n) is 4.07. The third-order valence-electron chi connectivity index (χ3n) is 2.41. The zero-order valence-corrected chi connectivity index (χ0v) is 9.99. The van der Waals surface area contributed by atoms with Gasteiger partial charge < -0.3 is 9.64 Å². The van der Waals surface area contributed by atoms with Crippen LogP contribution in [0.25, 0.3) is 0 Å². The number of benzene rings is 1. The minimum Gasteiger partial charge on any atom is -0.379 e. The molecule has 2 rings (SSSR count). The fourth-order valence-corrected chi connectivity index (χ4v) is 1.46. The Morgan fingerprint density at radius 3 is 1.87 bits per heavy atom. The predicted octanol–water partition coefficient (Wildman–Crippen LogP) is 2.25. The SMILES string of the molecule is CN1CCOCC1.Cc1cccc(C)c1. The number of morpholine rings is 1. The molecule has 1 aromatic carbocycles. The maximum absolute atomic E-state index is 5.10. The molecule has 0 saturated carbocycles. The maximum atomic E-state index is 5.10. The van der Waals surface area contributed by atoms with Crippen molar-refractivity contribution in [1.82, 2.24) is 4.90 Å². The molecular formula is C13H21NO. The smallest absolute Gasteiger partial charge is 0.0594 e. The van der Waals surface area contributed by atoms with E-state index in [0.29, 0.717) is 0 Å². The first-order valence-corrected chi connectivity index (χ1v) is 5.48. The van der Waals surface area contributed by atoms with E-state index in [2.05, 4.69) is 50.1 Å². The van der Waals surface area contributed by atoms with Crippen molar-refractivity contribution in [1.29, 1.82) is 0 Å². The number of nitrogens with zero attached hydrogens (tertiary/aromatic N) is 1. The lowest BCUT2D eigenvalue weighted by atomic mass is 10.2. The average Bonchev–Trinajstić information content (AvgIpc) is 2.19. The number of likely N-dealkylation sites (N-methyl/N-ethyl adjacent to an activating group) is 1. The van der Waals surface area contributed by atoms with Crippen molar-refractivity contribution >= 4 is 0 Å². The molecule has 0 bridgehead atoms. The Bertz CT molecular complexity index is 262. The van der Waals surface area contributed by atoms with Gasteiger partial charge in [-0.15, -0.1) is 0 Å². The van der Waals surface area contributed by atoms with Crippen molar-refractivity contribution in [2.24, 2.45) is 0 Å². The highest BCUT2D eigenvalue weighted by Gasteiger charge is 2.02. The highest BCUT2D eigenvalue weighted by Crippen LogP contribution is 2.00. The summed E-state index contributed by atoms with van der Waals surface area (Å²) in [6.45, 7) is 8.23. The van der Waals surface area contributed by atoms with E-state index in [1.54, 1.807) is 0 Å². The molecule has 1 saturated heterocycles. The fraction of sp³-hybridized carbons (Fsp3) is 0.538. The van der Waals surface area contributed by atoms with E-state index in [9.17, 15) is 0 Å². The van der Waals surface area contributed by atoms with Gasteiger partial charge >= 0.3 is 0 Å². The van der Waals surface area contributed by atoms with Gasteiger partial charge in [0.25, 0.3) is 0 Å². The van der Waals surface area contributed by atoms with E-state index < -0.39 is 0 Å². The summed E-state index contributed by atoms with van der Waals surface area (Å²) in [5.74, 6) is 0. The lowest BCUT2D eigenvalue weighted by Crippen LogP contribution is -2.32. The molecule has 84 valence electrons. The number of aryl methyl sites for hydroxylation is 2. The highest BCUT2D eigenvalue weighted by atomic mass is 16.5. The van der Waals surface area contributed by atoms with Gasteiger partial charge in [0.15, 0.2) is 0 Å². The largest absolute Gasteiger partial charge is 0.379 e. The second kappa shape index (κ2) is 6.59. The molecule has 0 aliphatic carbocycles. The first-order chi connectivity index (χ1) is 7.18. The number of hydrogen-bond donors (Lipinski definition) is 0. The molecule has 1 aromatic rings. The molecule has 1 fully saturated rings. The molecule has 0 amide bonds. The van der Waals surface area contributed by atoms with Gasteiger partial charge in [0.05, 0.1) is 13.2 Å². The predicted molar refractivity (Wildman–Crippen MR) is 64.2 cm³/mol. The molecule has 0 unspecified atom stereocenters. The second-order valence-corrected chi connectivity index (χ2v) is 4.07. The van der Waals surface area contributed by atoms with Gasteiger partial charge in [0, 0.05) is 13.1 Å². The monoisotopic (exact) mass is 207 g/mol. The highest BCUT2D eigenvalue weighted by molar-refractivity contribution is 5.20. The third kappa shape index (κ3) is 5.55. The molecule has 1 aliphatic rings. The van der Waals surface area contributed by atoms with Crippen molar-refractivity contribution in [3.8, 4) is 0 Å². The van der Waals surface area contributed by atoms with Crippen LogP contribution in [0.3, 0.4) is 0 Å². The summed E-state index contributed by atoms with van der Waals surface area (Å²) < 4.78 is 5.10. The number of rotatable bonds is 0. The summed E-state index contributed by atoms with van der Waals surface area (Å²) in [4.78, 5) is 2.27. The first kappa shape index (κ1) is 12.2. The third-order valence-corrected chi connectivity index (χ3v) is 2.41. The van der Waals surface area contributed by atoms with Crippen LogP contribution < -0.4 is 0 Å². The Morgan fingerprint density at radius 1 is 1.07 bits per heavy atom. The Kier molecular flexibility index (Phi) is 5.37. The van der Waals surface area contributed by atoms with Gasteiger partial charge in [-0.3, -0.25) is 0 Å². The molecule has 0 radical (unpaired) electrons. The summed E-state index contributed by atoms with van der Waals surface area (Å²) in [5, 5.41) is 0. The molecular weight excluding hydrogens is 186 g/mol. The summed E-state index contributed by atoms with van der Waals surface area (Å²) in [6.07, 6.45) is 0. The molecule has 0 atom stereocenters. The van der Waals surface area contributed by atoms with Crippen molar-refractivity contribution in [2.45, 2.75) is 13.8 Å². The van der Waals surface area contributed by atoms with Gasteiger partial charge in [-0.2, -0.15) is 0 Å². The summed E-state index contributed by atoms with van der Waals surface area (Å²) >= 11 is 0. The van der Waals surface area contributed by atoms with E-state index in [0.717, 1.165) is 26.3 Å². The van der Waals surface area contributed by atoms with Crippen LogP contribution in [-0.4, -0.2) is 38.3 Å². The van der Waals surface area contributed by atoms with Gasteiger partial charge in [0.2, 0.25) is 0 Å². The maximum Gasteiger partial charge on any atom is 0.0594 e. The van der Waals surface area contributed by atoms with E-state index >= 15 is 0 Å². The normalized spacial score (nSPS) is 16.7. The van der Waals surface area contributed by atoms with Crippen molar-refractivity contribution in [2.75, 3.05) is 33.4 Å². The molecule has 0 aromatic heterocycles. The van der Waals surface area contributed by atoms with Crippen LogP contribution >= 0.6 is 0 Å². The molecule has 2 heteroatoms. The van der Waals surface area contributed by atoms with E-state index in [4.69, 9.17) is 4.74 Å². The average molecular weight is 207 g/mol. The first-order valence-electron chi connectivity index (χ1n) is 5.48. The molecule has 0 N–H and O–H groups in total. The minimum absolute atomic E-state index is 0.913. The quantitative estimate of drug-likeness (QED) is 0.647. The molecule has 1 aliphatic heterocycles. The minimum atomic E-state index is 0.913. The zero-order valence-electron chi connectivity index (χ0n) is 9.99. The van der Waals surface area contributed by atoms with Gasteiger partial charge in [-0.1, -0.05) is 35.4 Å². The molecule has 0 spiro atoms. The Morgan fingerprint density at radius 2 is 1.60 bits per heavy atom. The number of ether oxygens (including phenoxy) is 1. The molecule has 15 heavy (non-hydrogen) atoms. The van der Waals surface area contributed by atoms with Crippen LogP contribution in [0.15, 0.2) is 24.3 Å². The van der Waals surface area contributed by atoms with Crippen LogP contribution in [0.5, 0.6) is 0 Å². The summed E-state index contributed by atoms with van der Waals surface area (Å²) in [5.41, 5.74) is 2.68. The van der Waals surface area contributed by atoms with Gasteiger partial charge in [-0.05, 0) is 20.9 Å². The van der Waals surface area contributed by atoms with E-state index in [-0.39, 0.29) is 0 Å². The van der Waals surface area contributed by atoms with Crippen molar-refractivity contribution < 1.29 is 4.74 Å². The Balaban J connectivity index is 0.000000151. The Labute approximate surface area is 92.9 Å².